The van der Waals surface area contributed by atoms with Gasteiger partial charge in [0, 0.05) is 32.4 Å². The zero-order chi connectivity index (χ0) is 22.1. The molecule has 2 heterocycles. The molecule has 1 aromatic rings. The lowest BCUT2D eigenvalue weighted by Crippen LogP contribution is -2.42. The summed E-state index contributed by atoms with van der Waals surface area (Å²) in [6.07, 6.45) is 4.86. The van der Waals surface area contributed by atoms with Crippen LogP contribution in [0.2, 0.25) is 0 Å². The Hall–Kier alpha value is -2.50. The highest BCUT2D eigenvalue weighted by molar-refractivity contribution is 7.90. The second-order valence-corrected chi connectivity index (χ2v) is 11.0. The van der Waals surface area contributed by atoms with E-state index in [0.717, 1.165) is 0 Å². The van der Waals surface area contributed by atoms with Crippen LogP contribution in [-0.4, -0.2) is 63.2 Å². The smallest absolute Gasteiger partial charge is 0.256 e. The lowest BCUT2D eigenvalue weighted by Gasteiger charge is -2.28. The monoisotopic (exact) mass is 452 g/mol. The highest BCUT2D eigenvalue weighted by Crippen LogP contribution is 2.19. The molecule has 30 heavy (non-hydrogen) atoms. The number of rotatable bonds is 6. The molecule has 0 bridgehead atoms. The number of allylic oxidation sites excluding steroid dienone is 2. The number of nitrogens with zero attached hydrogens (tertiary/aromatic N) is 3. The van der Waals surface area contributed by atoms with Crippen LogP contribution in [0.15, 0.2) is 57.5 Å². The number of hydrogen-bond acceptors (Lipinski definition) is 6. The lowest BCUT2D eigenvalue weighted by molar-refractivity contribution is -0.117. The fourth-order valence-electron chi connectivity index (χ4n) is 2.89. The van der Waals surface area contributed by atoms with Crippen molar-refractivity contribution >= 4 is 31.8 Å². The molecule has 1 amide bonds. The normalized spacial score (nSPS) is 18.1. The van der Waals surface area contributed by atoms with E-state index in [2.05, 4.69) is 9.71 Å². The van der Waals surface area contributed by atoms with Gasteiger partial charge in [0.25, 0.3) is 15.9 Å². The first-order valence-corrected chi connectivity index (χ1v) is 12.4. The molecule has 1 aromatic carbocycles. The Morgan fingerprint density at radius 3 is 2.57 bits per heavy atom. The molecule has 2 aliphatic heterocycles. The largest absolute Gasteiger partial charge is 0.348 e. The lowest BCUT2D eigenvalue weighted by atomic mass is 10.1. The fourth-order valence-corrected chi connectivity index (χ4v) is 5.25. The molecule has 2 aliphatic rings. The van der Waals surface area contributed by atoms with Crippen molar-refractivity contribution < 1.29 is 21.6 Å². The SMILES string of the molecule is CC(C)N(C)S(=O)(=O)c1ccc(CNC(=O)C2=CC=CN3CCS(=O)(=O)N=C23)cc1. The molecule has 3 rings (SSSR count). The van der Waals surface area contributed by atoms with E-state index in [1.807, 2.05) is 0 Å². The molecule has 0 spiro atoms. The van der Waals surface area contributed by atoms with Crippen molar-refractivity contribution in [1.29, 1.82) is 0 Å². The van der Waals surface area contributed by atoms with E-state index < -0.39 is 26.0 Å². The number of fused-ring (bicyclic) bond motifs is 1. The molecule has 1 N–H and O–H groups in total. The zero-order valence-electron chi connectivity index (χ0n) is 16.9. The fraction of sp³-hybridized carbons (Fsp3) is 0.368. The quantitative estimate of drug-likeness (QED) is 0.683. The summed E-state index contributed by atoms with van der Waals surface area (Å²) >= 11 is 0. The van der Waals surface area contributed by atoms with Gasteiger partial charge in [-0.2, -0.15) is 4.31 Å². The first-order valence-electron chi connectivity index (χ1n) is 9.34. The van der Waals surface area contributed by atoms with Crippen molar-refractivity contribution in [2.45, 2.75) is 31.3 Å². The molecule has 0 aromatic heterocycles. The summed E-state index contributed by atoms with van der Waals surface area (Å²) in [6, 6.07) is 6.09. The first-order chi connectivity index (χ1) is 14.0. The van der Waals surface area contributed by atoms with Crippen LogP contribution in [0.1, 0.15) is 19.4 Å². The predicted octanol–water partition coefficient (Wildman–Crippen LogP) is 0.829. The Balaban J connectivity index is 1.70. The minimum absolute atomic E-state index is 0.100. The van der Waals surface area contributed by atoms with Crippen molar-refractivity contribution in [2.24, 2.45) is 4.40 Å². The summed E-state index contributed by atoms with van der Waals surface area (Å²) in [5, 5.41) is 2.72. The van der Waals surface area contributed by atoms with Gasteiger partial charge in [0.15, 0.2) is 5.84 Å². The van der Waals surface area contributed by atoms with Gasteiger partial charge < -0.3 is 10.2 Å². The van der Waals surface area contributed by atoms with E-state index in [0.29, 0.717) is 5.56 Å². The van der Waals surface area contributed by atoms with E-state index in [9.17, 15) is 21.6 Å². The highest BCUT2D eigenvalue weighted by Gasteiger charge is 2.30. The van der Waals surface area contributed by atoms with Gasteiger partial charge in [0.2, 0.25) is 10.0 Å². The molecule has 0 saturated heterocycles. The summed E-state index contributed by atoms with van der Waals surface area (Å²) in [6.45, 7) is 3.97. The van der Waals surface area contributed by atoms with Crippen LogP contribution >= 0.6 is 0 Å². The summed E-state index contributed by atoms with van der Waals surface area (Å²) in [4.78, 5) is 14.4. The van der Waals surface area contributed by atoms with Crippen molar-refractivity contribution in [1.82, 2.24) is 14.5 Å². The predicted molar refractivity (Wildman–Crippen MR) is 114 cm³/mol. The molecule has 0 fully saturated rings. The van der Waals surface area contributed by atoms with Gasteiger partial charge >= 0.3 is 0 Å². The van der Waals surface area contributed by atoms with Gasteiger partial charge in [-0.05, 0) is 43.7 Å². The van der Waals surface area contributed by atoms with Gasteiger partial charge in [-0.25, -0.2) is 16.8 Å². The Kier molecular flexibility index (Phi) is 6.16. The molecule has 11 heteroatoms. The third kappa shape index (κ3) is 4.63. The van der Waals surface area contributed by atoms with Crippen LogP contribution in [0.3, 0.4) is 0 Å². The van der Waals surface area contributed by atoms with Crippen LogP contribution < -0.4 is 5.32 Å². The van der Waals surface area contributed by atoms with E-state index >= 15 is 0 Å². The zero-order valence-corrected chi connectivity index (χ0v) is 18.6. The summed E-state index contributed by atoms with van der Waals surface area (Å²) in [7, 11) is -5.64. The highest BCUT2D eigenvalue weighted by atomic mass is 32.2. The Morgan fingerprint density at radius 2 is 1.93 bits per heavy atom. The van der Waals surface area contributed by atoms with Crippen molar-refractivity contribution in [3.8, 4) is 0 Å². The number of nitrogens with one attached hydrogen (secondary N) is 1. The van der Waals surface area contributed by atoms with Gasteiger partial charge in [0.1, 0.15) is 0 Å². The van der Waals surface area contributed by atoms with Gasteiger partial charge in [-0.1, -0.05) is 12.1 Å². The second kappa shape index (κ2) is 8.32. The van der Waals surface area contributed by atoms with E-state index in [-0.39, 0.29) is 41.2 Å². The Labute approximate surface area is 176 Å². The minimum atomic E-state index is -3.59. The minimum Gasteiger partial charge on any atom is -0.348 e. The first kappa shape index (κ1) is 22.2. The van der Waals surface area contributed by atoms with Gasteiger partial charge in [-0.15, -0.1) is 4.40 Å². The summed E-state index contributed by atoms with van der Waals surface area (Å²) in [5.41, 5.74) is 0.870. The molecule has 9 nitrogen and oxygen atoms in total. The van der Waals surface area contributed by atoms with Crippen molar-refractivity contribution in [3.05, 3.63) is 53.8 Å². The number of carbonyl (C=O) groups is 1. The second-order valence-electron chi connectivity index (χ2n) is 7.26. The molecule has 0 aliphatic carbocycles. The molecule has 0 unspecified atom stereocenters. The van der Waals surface area contributed by atoms with Crippen LogP contribution in [0.4, 0.5) is 0 Å². The van der Waals surface area contributed by atoms with Crippen LogP contribution in [-0.2, 0) is 31.4 Å². The Bertz CT molecular complexity index is 1130. The number of amidine groups is 1. The Morgan fingerprint density at radius 1 is 1.27 bits per heavy atom. The molecule has 0 atom stereocenters. The maximum Gasteiger partial charge on any atom is 0.256 e. The average molecular weight is 453 g/mol. The van der Waals surface area contributed by atoms with E-state index in [1.165, 1.54) is 29.6 Å². The van der Waals surface area contributed by atoms with Gasteiger partial charge in [-0.3, -0.25) is 4.79 Å². The molecular weight excluding hydrogens is 428 g/mol. The number of hydrogen-bond donors (Lipinski definition) is 1. The molecule has 162 valence electrons. The average Bonchev–Trinajstić information content (AvgIpc) is 2.70. The van der Waals surface area contributed by atoms with E-state index in [1.54, 1.807) is 43.2 Å². The van der Waals surface area contributed by atoms with Crippen molar-refractivity contribution in [3.63, 3.8) is 0 Å². The maximum absolute atomic E-state index is 12.6. The van der Waals surface area contributed by atoms with Crippen LogP contribution in [0.25, 0.3) is 0 Å². The number of amides is 1. The third-order valence-electron chi connectivity index (χ3n) is 4.88. The number of carbonyl (C=O) groups excluding carboxylic acids is 1. The summed E-state index contributed by atoms with van der Waals surface area (Å²) in [5.74, 6) is -0.451. The van der Waals surface area contributed by atoms with Crippen molar-refractivity contribution in [2.75, 3.05) is 19.3 Å². The van der Waals surface area contributed by atoms with E-state index in [4.69, 9.17) is 0 Å². The standard InChI is InChI=1S/C19H24N4O5S2/c1-14(2)22(3)30(27,28)16-8-6-15(7-9-16)13-20-19(24)17-5-4-10-23-11-12-29(25,26)21-18(17)23/h4-10,14H,11-13H2,1-3H3,(H,20,24). The maximum atomic E-state index is 12.6. The third-order valence-corrected chi connectivity index (χ3v) is 8.08. The summed E-state index contributed by atoms with van der Waals surface area (Å²) < 4.78 is 53.7. The molecule has 0 saturated carbocycles. The topological polar surface area (TPSA) is 116 Å². The molecule has 0 radical (unpaired) electrons. The van der Waals surface area contributed by atoms with Gasteiger partial charge in [0.05, 0.1) is 16.2 Å². The molecular formula is C19H24N4O5S2. The number of sulfonamides is 2. The number of benzene rings is 1. The van der Waals surface area contributed by atoms with Crippen LogP contribution in [0.5, 0.6) is 0 Å². The van der Waals surface area contributed by atoms with Crippen LogP contribution in [0, 0.1) is 0 Å².